The minimum absolute atomic E-state index is 0.0957. The summed E-state index contributed by atoms with van der Waals surface area (Å²) in [6.45, 7) is 1.53. The van der Waals surface area contributed by atoms with Gasteiger partial charge in [0.1, 0.15) is 11.6 Å². The fraction of sp³-hybridized carbons (Fsp3) is 0.300. The highest BCUT2D eigenvalue weighted by Crippen LogP contribution is 2.30. The van der Waals surface area contributed by atoms with Gasteiger partial charge in [-0.1, -0.05) is 18.9 Å². The van der Waals surface area contributed by atoms with Crippen LogP contribution in [0.2, 0.25) is 0 Å². The van der Waals surface area contributed by atoms with Crippen LogP contribution in [-0.4, -0.2) is 60.9 Å². The molecule has 11 nitrogen and oxygen atoms in total. The zero-order valence-corrected chi connectivity index (χ0v) is 24.3. The normalized spacial score (nSPS) is 16.7. The molecule has 1 unspecified atom stereocenters. The molecule has 0 spiro atoms. The molecule has 1 atom stereocenters. The SMILES string of the molecule is O=C1CCC(N2C(=O)c3ccc(NCCCCCCn4cc(-c5cnc6cccc(Br)c6n5)cn4)cc3C2=O)C(=O)N1. The first-order valence-corrected chi connectivity index (χ1v) is 14.7. The number of amides is 4. The number of aryl methyl sites for hydroxylation is 1. The summed E-state index contributed by atoms with van der Waals surface area (Å²) < 4.78 is 2.84. The molecule has 2 N–H and O–H groups in total. The van der Waals surface area contributed by atoms with Gasteiger partial charge in [-0.05, 0) is 65.5 Å². The number of carbonyl (C=O) groups is 4. The van der Waals surface area contributed by atoms with Crippen molar-refractivity contribution in [1.29, 1.82) is 0 Å². The molecule has 12 heteroatoms. The second-order valence-electron chi connectivity index (χ2n) is 10.4. The Balaban J connectivity index is 0.949. The third-order valence-corrected chi connectivity index (χ3v) is 8.18. The molecule has 1 fully saturated rings. The molecule has 42 heavy (non-hydrogen) atoms. The minimum atomic E-state index is -0.963. The summed E-state index contributed by atoms with van der Waals surface area (Å²) in [5.74, 6) is -2.01. The number of fused-ring (bicyclic) bond motifs is 2. The number of carbonyl (C=O) groups excluding carboxylic acids is 4. The largest absolute Gasteiger partial charge is 0.385 e. The maximum atomic E-state index is 13.0. The van der Waals surface area contributed by atoms with Crippen LogP contribution in [0.1, 0.15) is 59.2 Å². The number of unbranched alkanes of at least 4 members (excludes halogenated alkanes) is 3. The van der Waals surface area contributed by atoms with Gasteiger partial charge in [0.05, 0.1) is 34.7 Å². The summed E-state index contributed by atoms with van der Waals surface area (Å²) in [6.07, 6.45) is 9.81. The third-order valence-electron chi connectivity index (χ3n) is 7.54. The molecule has 4 amide bonds. The molecule has 2 aliphatic heterocycles. The van der Waals surface area contributed by atoms with E-state index < -0.39 is 29.7 Å². The number of halogens is 1. The topological polar surface area (TPSA) is 139 Å². The second kappa shape index (κ2) is 11.8. The third kappa shape index (κ3) is 5.54. The van der Waals surface area contributed by atoms with Crippen molar-refractivity contribution in [1.82, 2.24) is 30.0 Å². The van der Waals surface area contributed by atoms with Gasteiger partial charge in [0.2, 0.25) is 11.8 Å². The Labute approximate surface area is 249 Å². The molecule has 0 saturated carbocycles. The number of para-hydroxylation sites is 1. The van der Waals surface area contributed by atoms with E-state index in [1.807, 2.05) is 35.3 Å². The van der Waals surface area contributed by atoms with E-state index >= 15 is 0 Å². The highest BCUT2D eigenvalue weighted by atomic mass is 79.9. The maximum Gasteiger partial charge on any atom is 0.262 e. The van der Waals surface area contributed by atoms with Gasteiger partial charge in [-0.3, -0.25) is 39.1 Å². The quantitative estimate of drug-likeness (QED) is 0.195. The van der Waals surface area contributed by atoms with Crippen molar-refractivity contribution in [2.75, 3.05) is 11.9 Å². The van der Waals surface area contributed by atoms with Crippen LogP contribution in [-0.2, 0) is 16.1 Å². The molecule has 214 valence electrons. The maximum absolute atomic E-state index is 13.0. The van der Waals surface area contributed by atoms with Crippen LogP contribution < -0.4 is 10.6 Å². The lowest BCUT2D eigenvalue weighted by Gasteiger charge is -2.27. The average molecular weight is 631 g/mol. The fourth-order valence-electron chi connectivity index (χ4n) is 5.32. The number of piperidine rings is 1. The Kier molecular flexibility index (Phi) is 7.79. The highest BCUT2D eigenvalue weighted by molar-refractivity contribution is 9.10. The Bertz CT molecular complexity index is 1720. The first-order valence-electron chi connectivity index (χ1n) is 13.9. The van der Waals surface area contributed by atoms with E-state index in [0.29, 0.717) is 0 Å². The molecule has 0 aliphatic carbocycles. The van der Waals surface area contributed by atoms with Crippen molar-refractivity contribution >= 4 is 56.3 Å². The Morgan fingerprint density at radius 3 is 2.67 bits per heavy atom. The number of anilines is 1. The van der Waals surface area contributed by atoms with Crippen LogP contribution in [0.3, 0.4) is 0 Å². The lowest BCUT2D eigenvalue weighted by molar-refractivity contribution is -0.136. The van der Waals surface area contributed by atoms with Gasteiger partial charge in [0.15, 0.2) is 0 Å². The fourth-order valence-corrected chi connectivity index (χ4v) is 5.77. The number of rotatable bonds is 10. The zero-order chi connectivity index (χ0) is 29.2. The Morgan fingerprint density at radius 2 is 1.81 bits per heavy atom. The standard InChI is InChI=1S/C30H28BrN7O4/c31-22-6-5-7-23-27(22)35-24(16-33-23)18-15-34-37(17-18)13-4-2-1-3-12-32-19-8-9-20-21(14-19)30(42)38(29(20)41)25-10-11-26(39)36-28(25)40/h5-9,14-17,25,32H,1-4,10-13H2,(H,36,39,40). The summed E-state index contributed by atoms with van der Waals surface area (Å²) in [5.41, 5.74) is 4.67. The predicted molar refractivity (Wildman–Crippen MR) is 159 cm³/mol. The molecule has 2 aromatic carbocycles. The minimum Gasteiger partial charge on any atom is -0.385 e. The van der Waals surface area contributed by atoms with E-state index in [2.05, 4.69) is 36.6 Å². The lowest BCUT2D eigenvalue weighted by atomic mass is 10.0. The number of hydrogen-bond acceptors (Lipinski definition) is 8. The number of nitrogens with zero attached hydrogens (tertiary/aromatic N) is 5. The van der Waals surface area contributed by atoms with Gasteiger partial charge >= 0.3 is 0 Å². The van der Waals surface area contributed by atoms with Crippen molar-refractivity contribution < 1.29 is 19.2 Å². The second-order valence-corrected chi connectivity index (χ2v) is 11.3. The van der Waals surface area contributed by atoms with Crippen molar-refractivity contribution in [2.24, 2.45) is 0 Å². The monoisotopic (exact) mass is 629 g/mol. The van der Waals surface area contributed by atoms with E-state index in [0.717, 1.165) is 76.1 Å². The number of benzene rings is 2. The van der Waals surface area contributed by atoms with Gasteiger partial charge in [-0.15, -0.1) is 0 Å². The highest BCUT2D eigenvalue weighted by Gasteiger charge is 2.44. The van der Waals surface area contributed by atoms with Gasteiger partial charge in [0.25, 0.3) is 11.8 Å². The summed E-state index contributed by atoms with van der Waals surface area (Å²) in [6, 6.07) is 9.91. The van der Waals surface area contributed by atoms with Gasteiger partial charge in [0, 0.05) is 41.4 Å². The average Bonchev–Trinajstić information content (AvgIpc) is 3.55. The number of hydrogen-bond donors (Lipinski definition) is 2. The summed E-state index contributed by atoms with van der Waals surface area (Å²) in [5, 5.41) is 10.0. The summed E-state index contributed by atoms with van der Waals surface area (Å²) in [4.78, 5) is 59.8. The first-order chi connectivity index (χ1) is 20.4. The molecular formula is C30H28BrN7O4. The van der Waals surface area contributed by atoms with E-state index in [1.165, 1.54) is 0 Å². The summed E-state index contributed by atoms with van der Waals surface area (Å²) in [7, 11) is 0. The van der Waals surface area contributed by atoms with Crippen LogP contribution in [0.25, 0.3) is 22.3 Å². The van der Waals surface area contributed by atoms with Crippen LogP contribution in [0.5, 0.6) is 0 Å². The molecule has 1 saturated heterocycles. The van der Waals surface area contributed by atoms with Crippen molar-refractivity contribution in [3.63, 3.8) is 0 Å². The van der Waals surface area contributed by atoms with E-state index in [4.69, 9.17) is 4.98 Å². The van der Waals surface area contributed by atoms with Crippen molar-refractivity contribution in [3.05, 3.63) is 70.6 Å². The number of aromatic nitrogens is 4. The molecule has 2 aromatic heterocycles. The summed E-state index contributed by atoms with van der Waals surface area (Å²) >= 11 is 3.54. The van der Waals surface area contributed by atoms with Gasteiger partial charge < -0.3 is 5.32 Å². The van der Waals surface area contributed by atoms with Crippen LogP contribution in [0.15, 0.2) is 59.5 Å². The van der Waals surface area contributed by atoms with Crippen molar-refractivity contribution in [2.45, 2.75) is 51.1 Å². The molecule has 2 aliphatic rings. The van der Waals surface area contributed by atoms with Crippen LogP contribution in [0, 0.1) is 0 Å². The number of nitrogens with one attached hydrogen (secondary N) is 2. The zero-order valence-electron chi connectivity index (χ0n) is 22.7. The Hall–Kier alpha value is -4.45. The van der Waals surface area contributed by atoms with Crippen molar-refractivity contribution in [3.8, 4) is 11.3 Å². The Morgan fingerprint density at radius 1 is 0.976 bits per heavy atom. The lowest BCUT2D eigenvalue weighted by Crippen LogP contribution is -2.54. The van der Waals surface area contributed by atoms with Crippen LogP contribution in [0.4, 0.5) is 5.69 Å². The smallest absolute Gasteiger partial charge is 0.262 e. The predicted octanol–water partition coefficient (Wildman–Crippen LogP) is 4.33. The number of imide groups is 2. The molecule has 0 radical (unpaired) electrons. The van der Waals surface area contributed by atoms with Crippen LogP contribution >= 0.6 is 15.9 Å². The molecule has 4 aromatic rings. The molecule has 4 heterocycles. The molecule has 6 rings (SSSR count). The van der Waals surface area contributed by atoms with Gasteiger partial charge in [-0.2, -0.15) is 5.10 Å². The molecular weight excluding hydrogens is 602 g/mol. The first kappa shape index (κ1) is 27.7. The van der Waals surface area contributed by atoms with Gasteiger partial charge in [-0.25, -0.2) is 4.98 Å². The van der Waals surface area contributed by atoms with E-state index in [9.17, 15) is 19.2 Å². The van der Waals surface area contributed by atoms with E-state index in [1.54, 1.807) is 24.4 Å². The van der Waals surface area contributed by atoms with E-state index in [-0.39, 0.29) is 24.0 Å². The molecule has 0 bridgehead atoms.